The van der Waals surface area contributed by atoms with Crippen LogP contribution in [0.25, 0.3) is 0 Å². The van der Waals surface area contributed by atoms with E-state index >= 15 is 0 Å². The molecule has 0 radical (unpaired) electrons. The van der Waals surface area contributed by atoms with E-state index in [9.17, 15) is 0 Å². The van der Waals surface area contributed by atoms with E-state index in [2.05, 4.69) is 26.7 Å². The fraction of sp³-hybridized carbons (Fsp3) is 0.923. The molecule has 0 atom stereocenters. The monoisotopic (exact) mass is 364 g/mol. The average molecular weight is 365 g/mol. The zero-order valence-electron chi connectivity index (χ0n) is 18.9. The Morgan fingerprint density at radius 2 is 0.615 bits per heavy atom. The van der Waals surface area contributed by atoms with E-state index in [0.717, 1.165) is 6.42 Å². The lowest BCUT2D eigenvalue weighted by atomic mass is 10.0. The molecule has 0 aliphatic carbocycles. The molecule has 0 aromatic carbocycles. The van der Waals surface area contributed by atoms with Gasteiger partial charge in [0.25, 0.3) is 0 Å². The fourth-order valence-electron chi connectivity index (χ4n) is 3.28. The Morgan fingerprint density at radius 3 is 0.846 bits per heavy atom. The van der Waals surface area contributed by atoms with Gasteiger partial charge >= 0.3 is 0 Å². The second kappa shape index (κ2) is 29.3. The average Bonchev–Trinajstić information content (AvgIpc) is 2.66. The predicted octanol–water partition coefficient (Wildman–Crippen LogP) is 9.86. The minimum absolute atomic E-state index is 0.958. The lowest BCUT2D eigenvalue weighted by Crippen LogP contribution is -1.83. The summed E-state index contributed by atoms with van der Waals surface area (Å²) in [6.07, 6.45) is 34.6. The van der Waals surface area contributed by atoms with Crippen molar-refractivity contribution in [1.29, 1.82) is 0 Å². The van der Waals surface area contributed by atoms with Crippen molar-refractivity contribution >= 4 is 0 Å². The van der Waals surface area contributed by atoms with Gasteiger partial charge in [0.05, 0.1) is 0 Å². The molecule has 0 saturated heterocycles. The van der Waals surface area contributed by atoms with Gasteiger partial charge in [0.2, 0.25) is 0 Å². The molecule has 0 bridgehead atoms. The molecule has 0 fully saturated rings. The SMILES string of the molecule is C#CCCCCCC.CCCCCCCCCCCCCCCCCC. The highest BCUT2D eigenvalue weighted by molar-refractivity contribution is 4.82. The Balaban J connectivity index is 0. The lowest BCUT2D eigenvalue weighted by Gasteiger charge is -2.03. The Kier molecular flexibility index (Phi) is 31.3. The molecule has 0 N–H and O–H groups in total. The molecule has 0 aliphatic rings. The molecule has 0 rings (SSSR count). The molecule has 156 valence electrons. The first-order valence-corrected chi connectivity index (χ1v) is 12.3. The maximum absolute atomic E-state index is 5.06. The zero-order valence-corrected chi connectivity index (χ0v) is 18.9. The summed E-state index contributed by atoms with van der Waals surface area (Å²) < 4.78 is 0. The Morgan fingerprint density at radius 1 is 0.385 bits per heavy atom. The van der Waals surface area contributed by atoms with Crippen molar-refractivity contribution < 1.29 is 0 Å². The van der Waals surface area contributed by atoms with Gasteiger partial charge in [-0.15, -0.1) is 12.3 Å². The number of unbranched alkanes of at least 4 members (excludes halogenated alkanes) is 19. The first-order chi connectivity index (χ1) is 12.8. The second-order valence-electron chi connectivity index (χ2n) is 7.96. The Bertz CT molecular complexity index is 231. The van der Waals surface area contributed by atoms with Crippen LogP contribution in [0.4, 0.5) is 0 Å². The Hall–Kier alpha value is -0.440. The summed E-state index contributed by atoms with van der Waals surface area (Å²) >= 11 is 0. The van der Waals surface area contributed by atoms with Gasteiger partial charge in [-0.3, -0.25) is 0 Å². The summed E-state index contributed by atoms with van der Waals surface area (Å²) in [5, 5.41) is 0. The summed E-state index contributed by atoms with van der Waals surface area (Å²) in [4.78, 5) is 0. The van der Waals surface area contributed by atoms with Crippen molar-refractivity contribution in [2.75, 3.05) is 0 Å². The van der Waals surface area contributed by atoms with E-state index in [0.29, 0.717) is 0 Å². The first kappa shape index (κ1) is 27.8. The van der Waals surface area contributed by atoms with Crippen molar-refractivity contribution in [3.63, 3.8) is 0 Å². The summed E-state index contributed by atoms with van der Waals surface area (Å²) in [6.45, 7) is 6.79. The van der Waals surface area contributed by atoms with Gasteiger partial charge in [-0.05, 0) is 6.42 Å². The van der Waals surface area contributed by atoms with Crippen molar-refractivity contribution in [2.45, 2.75) is 156 Å². The van der Waals surface area contributed by atoms with Crippen LogP contribution in [0.1, 0.15) is 156 Å². The summed E-state index contributed by atoms with van der Waals surface area (Å²) in [6, 6.07) is 0. The number of rotatable bonds is 19. The van der Waals surface area contributed by atoms with E-state index in [1.54, 1.807) is 0 Å². The predicted molar refractivity (Wildman–Crippen MR) is 123 cm³/mol. The van der Waals surface area contributed by atoms with Crippen LogP contribution in [0.5, 0.6) is 0 Å². The molecule has 0 unspecified atom stereocenters. The van der Waals surface area contributed by atoms with Crippen LogP contribution >= 0.6 is 0 Å². The van der Waals surface area contributed by atoms with Crippen LogP contribution in [0.2, 0.25) is 0 Å². The van der Waals surface area contributed by atoms with Crippen LogP contribution in [0, 0.1) is 12.3 Å². The van der Waals surface area contributed by atoms with Crippen molar-refractivity contribution in [3.05, 3.63) is 0 Å². The van der Waals surface area contributed by atoms with E-state index < -0.39 is 0 Å². The number of terminal acetylenes is 1. The summed E-state index contributed by atoms with van der Waals surface area (Å²) in [5.41, 5.74) is 0. The van der Waals surface area contributed by atoms with Crippen molar-refractivity contribution in [1.82, 2.24) is 0 Å². The molecule has 0 spiro atoms. The minimum atomic E-state index is 0.958. The van der Waals surface area contributed by atoms with Gasteiger partial charge < -0.3 is 0 Å². The van der Waals surface area contributed by atoms with E-state index in [1.165, 1.54) is 128 Å². The third-order valence-electron chi connectivity index (χ3n) is 5.13. The standard InChI is InChI=1S/C18H38.C8H14/c1-3-5-7-9-11-13-15-17-18-16-14-12-10-8-6-4-2;1-3-5-7-8-6-4-2/h3-18H2,1-2H3;1H,4-8H2,2H3. The quantitative estimate of drug-likeness (QED) is 0.158. The summed E-state index contributed by atoms with van der Waals surface area (Å²) in [5.74, 6) is 2.63. The fourth-order valence-corrected chi connectivity index (χ4v) is 3.28. The van der Waals surface area contributed by atoms with Gasteiger partial charge in [-0.2, -0.15) is 0 Å². The van der Waals surface area contributed by atoms with Gasteiger partial charge in [0, 0.05) is 6.42 Å². The maximum Gasteiger partial charge on any atom is 0.00860 e. The van der Waals surface area contributed by atoms with E-state index in [1.807, 2.05) is 0 Å². The normalized spacial score (nSPS) is 10.2. The van der Waals surface area contributed by atoms with Crippen LogP contribution < -0.4 is 0 Å². The van der Waals surface area contributed by atoms with E-state index in [-0.39, 0.29) is 0 Å². The first-order valence-electron chi connectivity index (χ1n) is 12.3. The van der Waals surface area contributed by atoms with Crippen LogP contribution in [0.3, 0.4) is 0 Å². The highest BCUT2D eigenvalue weighted by atomic mass is 14.0. The molecule has 0 amide bonds. The molecule has 0 aromatic rings. The summed E-state index contributed by atoms with van der Waals surface area (Å²) in [7, 11) is 0. The van der Waals surface area contributed by atoms with Crippen LogP contribution in [-0.2, 0) is 0 Å². The van der Waals surface area contributed by atoms with Crippen LogP contribution in [0.15, 0.2) is 0 Å². The third-order valence-corrected chi connectivity index (χ3v) is 5.13. The molecule has 26 heavy (non-hydrogen) atoms. The van der Waals surface area contributed by atoms with Gasteiger partial charge in [0.1, 0.15) is 0 Å². The number of hydrogen-bond acceptors (Lipinski definition) is 0. The number of hydrogen-bond donors (Lipinski definition) is 0. The largest absolute Gasteiger partial charge is 0.120 e. The van der Waals surface area contributed by atoms with Gasteiger partial charge in [-0.25, -0.2) is 0 Å². The topological polar surface area (TPSA) is 0 Å². The van der Waals surface area contributed by atoms with Crippen molar-refractivity contribution in [2.24, 2.45) is 0 Å². The molecular formula is C26H52. The molecular weight excluding hydrogens is 312 g/mol. The molecule has 0 heteroatoms. The lowest BCUT2D eigenvalue weighted by molar-refractivity contribution is 0.531. The van der Waals surface area contributed by atoms with Gasteiger partial charge in [0.15, 0.2) is 0 Å². The molecule has 0 aromatic heterocycles. The highest BCUT2D eigenvalue weighted by Gasteiger charge is 1.93. The maximum atomic E-state index is 5.06. The second-order valence-corrected chi connectivity index (χ2v) is 7.96. The van der Waals surface area contributed by atoms with Gasteiger partial charge in [-0.1, -0.05) is 143 Å². The minimum Gasteiger partial charge on any atom is -0.120 e. The highest BCUT2D eigenvalue weighted by Crippen LogP contribution is 2.13. The van der Waals surface area contributed by atoms with Crippen molar-refractivity contribution in [3.8, 4) is 12.3 Å². The molecule has 0 saturated carbocycles. The van der Waals surface area contributed by atoms with Crippen LogP contribution in [-0.4, -0.2) is 0 Å². The molecule has 0 aliphatic heterocycles. The smallest absolute Gasteiger partial charge is 0.00860 e. The Labute approximate surface area is 168 Å². The zero-order chi connectivity index (χ0) is 19.6. The third kappa shape index (κ3) is 31.3. The molecule has 0 nitrogen and oxygen atoms in total. The molecule has 0 heterocycles. The van der Waals surface area contributed by atoms with E-state index in [4.69, 9.17) is 6.42 Å².